The minimum atomic E-state index is -4.42. The maximum atomic E-state index is 13.4. The Labute approximate surface area is 179 Å². The highest BCUT2D eigenvalue weighted by Crippen LogP contribution is 2.30. The normalized spacial score (nSPS) is 17.0. The number of carbonyl (C=O) groups excluding carboxylic acids is 2. The van der Waals surface area contributed by atoms with Crippen LogP contribution in [0.3, 0.4) is 0 Å². The zero-order chi connectivity index (χ0) is 22.8. The molecule has 0 aliphatic carbocycles. The van der Waals surface area contributed by atoms with Gasteiger partial charge in [0.25, 0.3) is 5.91 Å². The number of rotatable bonds is 5. The third-order valence-electron chi connectivity index (χ3n) is 5.62. The van der Waals surface area contributed by atoms with E-state index in [1.54, 1.807) is 22.5 Å². The number of likely N-dealkylation sites (tertiary alicyclic amines) is 1. The number of piperidine rings is 1. The molecule has 5 nitrogen and oxygen atoms in total. The van der Waals surface area contributed by atoms with E-state index in [0.717, 1.165) is 23.4 Å². The van der Waals surface area contributed by atoms with Gasteiger partial charge in [0, 0.05) is 25.3 Å². The molecule has 1 aliphatic heterocycles. The molecule has 1 fully saturated rings. The Balaban J connectivity index is 1.86. The highest BCUT2D eigenvalue weighted by molar-refractivity contribution is 5.95. The van der Waals surface area contributed by atoms with Crippen molar-refractivity contribution in [3.05, 3.63) is 58.4 Å². The summed E-state index contributed by atoms with van der Waals surface area (Å²) in [6.45, 7) is 6.65. The molecule has 8 heteroatoms. The van der Waals surface area contributed by atoms with E-state index in [4.69, 9.17) is 4.74 Å². The van der Waals surface area contributed by atoms with E-state index in [1.165, 1.54) is 6.07 Å². The first-order valence-corrected chi connectivity index (χ1v) is 10.4. The predicted molar refractivity (Wildman–Crippen MR) is 110 cm³/mol. The Hall–Kier alpha value is -2.77. The Morgan fingerprint density at radius 3 is 2.61 bits per heavy atom. The molecule has 31 heavy (non-hydrogen) atoms. The maximum absolute atomic E-state index is 13.4. The minimum absolute atomic E-state index is 0.153. The van der Waals surface area contributed by atoms with Crippen molar-refractivity contribution in [2.75, 3.05) is 19.7 Å². The van der Waals surface area contributed by atoms with Crippen LogP contribution in [0.2, 0.25) is 0 Å². The molecular weight excluding hydrogens is 409 g/mol. The third-order valence-corrected chi connectivity index (χ3v) is 5.62. The molecule has 1 aromatic carbocycles. The number of benzene rings is 1. The van der Waals surface area contributed by atoms with E-state index in [1.807, 2.05) is 19.9 Å². The van der Waals surface area contributed by atoms with Crippen LogP contribution in [0.15, 0.2) is 30.3 Å². The summed E-state index contributed by atoms with van der Waals surface area (Å²) in [5, 5.41) is 0. The van der Waals surface area contributed by atoms with Gasteiger partial charge in [0.15, 0.2) is 0 Å². The number of esters is 1. The van der Waals surface area contributed by atoms with Crippen molar-refractivity contribution >= 4 is 11.9 Å². The van der Waals surface area contributed by atoms with Gasteiger partial charge >= 0.3 is 12.1 Å². The third kappa shape index (κ3) is 5.11. The number of aromatic nitrogens is 1. The molecule has 2 heterocycles. The van der Waals surface area contributed by atoms with Crippen molar-refractivity contribution in [2.45, 2.75) is 46.3 Å². The largest absolute Gasteiger partial charge is 0.466 e. The number of aryl methyl sites for hydroxylation is 2. The lowest BCUT2D eigenvalue weighted by Crippen LogP contribution is -2.43. The molecule has 0 saturated carbocycles. The summed E-state index contributed by atoms with van der Waals surface area (Å²) in [6.07, 6.45) is -3.06. The quantitative estimate of drug-likeness (QED) is 0.645. The summed E-state index contributed by atoms with van der Waals surface area (Å²) in [7, 11) is 0. The standard InChI is InChI=1S/C23H27F3N2O3/c1-4-31-22(30)18-8-6-10-27(14-18)21(29)20-15(2)11-16(3)28(20)13-17-7-5-9-19(12-17)23(24,25)26/h5,7,9,11-12,18H,4,6,8,10,13-14H2,1-3H3. The van der Waals surface area contributed by atoms with Crippen molar-refractivity contribution in [1.82, 2.24) is 9.47 Å². The van der Waals surface area contributed by atoms with Crippen molar-refractivity contribution in [1.29, 1.82) is 0 Å². The first kappa shape index (κ1) is 22.9. The van der Waals surface area contributed by atoms with Gasteiger partial charge in [-0.25, -0.2) is 0 Å². The summed E-state index contributed by atoms with van der Waals surface area (Å²) in [5.41, 5.74) is 1.74. The molecule has 1 saturated heterocycles. The fourth-order valence-corrected chi connectivity index (χ4v) is 4.13. The van der Waals surface area contributed by atoms with Crippen LogP contribution in [0.5, 0.6) is 0 Å². The average Bonchev–Trinajstić information content (AvgIpc) is 3.00. The molecular formula is C23H27F3N2O3. The summed E-state index contributed by atoms with van der Waals surface area (Å²) < 4.78 is 46.1. The lowest BCUT2D eigenvalue weighted by Gasteiger charge is -2.32. The molecule has 1 aromatic heterocycles. The molecule has 1 amide bonds. The highest BCUT2D eigenvalue weighted by atomic mass is 19.4. The number of hydrogen-bond donors (Lipinski definition) is 0. The molecule has 2 aromatic rings. The maximum Gasteiger partial charge on any atom is 0.416 e. The predicted octanol–water partition coefficient (Wildman–Crippen LogP) is 4.59. The van der Waals surface area contributed by atoms with E-state index in [-0.39, 0.29) is 30.9 Å². The topological polar surface area (TPSA) is 51.5 Å². The van der Waals surface area contributed by atoms with Crippen LogP contribution in [0, 0.1) is 19.8 Å². The molecule has 168 valence electrons. The Morgan fingerprint density at radius 1 is 1.19 bits per heavy atom. The number of ether oxygens (including phenoxy) is 1. The molecule has 3 rings (SSSR count). The van der Waals surface area contributed by atoms with E-state index in [2.05, 4.69) is 0 Å². The molecule has 0 N–H and O–H groups in total. The lowest BCUT2D eigenvalue weighted by molar-refractivity contribution is -0.149. The van der Waals surface area contributed by atoms with Gasteiger partial charge in [0.2, 0.25) is 0 Å². The summed E-state index contributed by atoms with van der Waals surface area (Å²) in [6, 6.07) is 7.00. The fraction of sp³-hybridized carbons (Fsp3) is 0.478. The molecule has 1 aliphatic rings. The molecule has 0 bridgehead atoms. The van der Waals surface area contributed by atoms with Crippen molar-refractivity contribution in [2.24, 2.45) is 5.92 Å². The van der Waals surface area contributed by atoms with Crippen LogP contribution >= 0.6 is 0 Å². The van der Waals surface area contributed by atoms with Crippen molar-refractivity contribution in [3.63, 3.8) is 0 Å². The summed E-state index contributed by atoms with van der Waals surface area (Å²) in [5.74, 6) is -0.871. The molecule has 0 spiro atoms. The van der Waals surface area contributed by atoms with Gasteiger partial charge in [-0.3, -0.25) is 9.59 Å². The van der Waals surface area contributed by atoms with E-state index < -0.39 is 11.7 Å². The number of nitrogens with zero attached hydrogens (tertiary/aromatic N) is 2. The van der Waals surface area contributed by atoms with Gasteiger partial charge in [-0.2, -0.15) is 13.2 Å². The first-order chi connectivity index (χ1) is 14.6. The van der Waals surface area contributed by atoms with Crippen LogP contribution in [0.4, 0.5) is 13.2 Å². The monoisotopic (exact) mass is 436 g/mol. The second-order valence-electron chi connectivity index (χ2n) is 7.94. The molecule has 1 atom stereocenters. The molecule has 1 unspecified atom stereocenters. The van der Waals surface area contributed by atoms with Crippen LogP contribution in [-0.4, -0.2) is 41.0 Å². The zero-order valence-corrected chi connectivity index (χ0v) is 18.0. The smallest absolute Gasteiger partial charge is 0.416 e. The van der Waals surface area contributed by atoms with Crippen LogP contribution in [0.25, 0.3) is 0 Å². The van der Waals surface area contributed by atoms with Gasteiger partial charge in [0.1, 0.15) is 5.69 Å². The Kier molecular flexibility index (Phi) is 6.77. The summed E-state index contributed by atoms with van der Waals surface area (Å²) in [4.78, 5) is 27.2. The zero-order valence-electron chi connectivity index (χ0n) is 18.0. The number of hydrogen-bond acceptors (Lipinski definition) is 3. The van der Waals surface area contributed by atoms with Gasteiger partial charge < -0.3 is 14.2 Å². The second-order valence-corrected chi connectivity index (χ2v) is 7.94. The van der Waals surface area contributed by atoms with Crippen LogP contribution < -0.4 is 0 Å². The van der Waals surface area contributed by atoms with Gasteiger partial charge in [0.05, 0.1) is 18.1 Å². The average molecular weight is 436 g/mol. The molecule has 0 radical (unpaired) electrons. The Bertz CT molecular complexity index is 965. The summed E-state index contributed by atoms with van der Waals surface area (Å²) >= 11 is 0. The van der Waals surface area contributed by atoms with E-state index in [9.17, 15) is 22.8 Å². The van der Waals surface area contributed by atoms with Crippen molar-refractivity contribution in [3.8, 4) is 0 Å². The lowest BCUT2D eigenvalue weighted by atomic mass is 9.97. The number of amides is 1. The van der Waals surface area contributed by atoms with E-state index >= 15 is 0 Å². The first-order valence-electron chi connectivity index (χ1n) is 10.4. The number of carbonyl (C=O) groups is 2. The van der Waals surface area contributed by atoms with Gasteiger partial charge in [-0.1, -0.05) is 12.1 Å². The SMILES string of the molecule is CCOC(=O)C1CCCN(C(=O)c2c(C)cc(C)n2Cc2cccc(C(F)(F)F)c2)C1. The highest BCUT2D eigenvalue weighted by Gasteiger charge is 2.33. The fourth-order valence-electron chi connectivity index (χ4n) is 4.13. The Morgan fingerprint density at radius 2 is 1.94 bits per heavy atom. The number of halogens is 3. The van der Waals surface area contributed by atoms with Gasteiger partial charge in [-0.05, 0) is 62.9 Å². The van der Waals surface area contributed by atoms with Crippen LogP contribution in [0.1, 0.15) is 52.6 Å². The van der Waals surface area contributed by atoms with Gasteiger partial charge in [-0.15, -0.1) is 0 Å². The number of alkyl halides is 3. The second kappa shape index (κ2) is 9.16. The van der Waals surface area contributed by atoms with E-state index in [0.29, 0.717) is 37.3 Å². The van der Waals surface area contributed by atoms with Crippen LogP contribution in [-0.2, 0) is 22.3 Å². The van der Waals surface area contributed by atoms with Crippen molar-refractivity contribution < 1.29 is 27.5 Å². The minimum Gasteiger partial charge on any atom is -0.466 e.